The van der Waals surface area contributed by atoms with E-state index in [-0.39, 0.29) is 34.0 Å². The van der Waals surface area contributed by atoms with Crippen LogP contribution in [0.1, 0.15) is 70.9 Å². The Labute approximate surface area is 206 Å². The molecule has 0 aliphatic heterocycles. The Morgan fingerprint density at radius 2 is 1.89 bits per heavy atom. The van der Waals surface area contributed by atoms with Crippen LogP contribution in [-0.2, 0) is 15.6 Å². The Kier molecular flexibility index (Phi) is 8.66. The fraction of sp³-hybridized carbons (Fsp3) is 0.565. The van der Waals surface area contributed by atoms with Crippen molar-refractivity contribution < 1.29 is 22.9 Å². The number of non-ortho nitro benzene ring substituents is 1. The number of carbonyl (C=O) groups is 1. The molecule has 0 bridgehead atoms. The average molecular weight is 510 g/mol. The number of benzene rings is 1. The van der Waals surface area contributed by atoms with E-state index < -0.39 is 32.2 Å². The second-order valence-electron chi connectivity index (χ2n) is 9.89. The lowest BCUT2D eigenvalue weighted by molar-refractivity contribution is -0.385. The number of ether oxygens (including phenoxy) is 1. The highest BCUT2D eigenvalue weighted by molar-refractivity contribution is 7.89. The predicted octanol–water partition coefficient (Wildman–Crippen LogP) is 4.11. The minimum absolute atomic E-state index is 0.117. The van der Waals surface area contributed by atoms with Gasteiger partial charge in [0.15, 0.2) is 5.69 Å². The summed E-state index contributed by atoms with van der Waals surface area (Å²) in [6, 6.07) is 2.97. The molecule has 12 heteroatoms. The summed E-state index contributed by atoms with van der Waals surface area (Å²) in [6.07, 6.45) is 0.523. The monoisotopic (exact) mass is 509 g/mol. The fourth-order valence-corrected chi connectivity index (χ4v) is 4.55. The lowest BCUT2D eigenvalue weighted by Crippen LogP contribution is -2.32. The van der Waals surface area contributed by atoms with Crippen molar-refractivity contribution in [2.45, 2.75) is 78.3 Å². The summed E-state index contributed by atoms with van der Waals surface area (Å²) < 4.78 is 36.3. The average Bonchev–Trinajstić information content (AvgIpc) is 3.08. The molecule has 194 valence electrons. The van der Waals surface area contributed by atoms with Gasteiger partial charge < -0.3 is 10.1 Å². The van der Waals surface area contributed by atoms with Crippen LogP contribution >= 0.6 is 0 Å². The third-order valence-corrected chi connectivity index (χ3v) is 6.80. The van der Waals surface area contributed by atoms with Gasteiger partial charge in [0.2, 0.25) is 15.9 Å². The molecule has 2 N–H and O–H groups in total. The van der Waals surface area contributed by atoms with Crippen LogP contribution in [0, 0.1) is 23.0 Å². The lowest BCUT2D eigenvalue weighted by Gasteiger charge is -2.23. The number of nitro benzene ring substituents is 1. The highest BCUT2D eigenvalue weighted by atomic mass is 32.2. The van der Waals surface area contributed by atoms with E-state index in [4.69, 9.17) is 4.74 Å². The third-order valence-electron chi connectivity index (χ3n) is 5.19. The molecule has 0 aliphatic carbocycles. The number of hydrogen-bond donors (Lipinski definition) is 2. The smallest absolute Gasteiger partial charge is 0.272 e. The number of amides is 1. The van der Waals surface area contributed by atoms with E-state index in [0.29, 0.717) is 18.5 Å². The van der Waals surface area contributed by atoms with Crippen LogP contribution in [0.15, 0.2) is 23.1 Å². The van der Waals surface area contributed by atoms with E-state index in [1.165, 1.54) is 16.8 Å². The van der Waals surface area contributed by atoms with Gasteiger partial charge in [0.1, 0.15) is 10.6 Å². The topological polar surface area (TPSA) is 145 Å². The van der Waals surface area contributed by atoms with Gasteiger partial charge in [-0.2, -0.15) is 5.10 Å². The van der Waals surface area contributed by atoms with Gasteiger partial charge in [0.05, 0.1) is 10.5 Å². The first-order chi connectivity index (χ1) is 16.1. The maximum atomic E-state index is 13.1. The zero-order chi connectivity index (χ0) is 26.7. The molecule has 1 amide bonds. The summed E-state index contributed by atoms with van der Waals surface area (Å²) in [6.45, 7) is 15.2. The highest BCUT2D eigenvalue weighted by Crippen LogP contribution is 2.36. The summed E-state index contributed by atoms with van der Waals surface area (Å²) in [5.74, 6) is -0.0836. The minimum Gasteiger partial charge on any atom is -0.438 e. The minimum atomic E-state index is -4.16. The predicted molar refractivity (Wildman–Crippen MR) is 132 cm³/mol. The maximum Gasteiger partial charge on any atom is 0.272 e. The number of nitro groups is 1. The molecule has 1 atom stereocenters. The second kappa shape index (κ2) is 10.7. The van der Waals surface area contributed by atoms with Crippen LogP contribution in [0.5, 0.6) is 11.6 Å². The second-order valence-corrected chi connectivity index (χ2v) is 11.6. The summed E-state index contributed by atoms with van der Waals surface area (Å²) in [7, 11) is -4.16. The van der Waals surface area contributed by atoms with Crippen molar-refractivity contribution in [2.24, 2.45) is 5.92 Å². The zero-order valence-electron chi connectivity index (χ0n) is 21.5. The van der Waals surface area contributed by atoms with Crippen molar-refractivity contribution in [3.63, 3.8) is 0 Å². The van der Waals surface area contributed by atoms with Gasteiger partial charge in [-0.3, -0.25) is 14.9 Å². The molecule has 0 spiro atoms. The van der Waals surface area contributed by atoms with Crippen LogP contribution < -0.4 is 14.8 Å². The summed E-state index contributed by atoms with van der Waals surface area (Å²) in [4.78, 5) is 23.1. The number of sulfonamides is 1. The SMILES string of the molecule is CC[C@H](C)NS(=O)(=O)c1cc([N+](=O)[O-])ccc1Oc1c(C)c(C(=O)NCC(C)C)nn1C(C)(C)C. The lowest BCUT2D eigenvalue weighted by atomic mass is 10.1. The van der Waals surface area contributed by atoms with Gasteiger partial charge in [0.25, 0.3) is 11.6 Å². The Morgan fingerprint density at radius 3 is 2.40 bits per heavy atom. The fourth-order valence-electron chi connectivity index (χ4n) is 3.07. The highest BCUT2D eigenvalue weighted by Gasteiger charge is 2.31. The Morgan fingerprint density at radius 1 is 1.26 bits per heavy atom. The maximum absolute atomic E-state index is 13.1. The number of rotatable bonds is 10. The summed E-state index contributed by atoms with van der Waals surface area (Å²) >= 11 is 0. The van der Waals surface area contributed by atoms with E-state index in [9.17, 15) is 23.3 Å². The van der Waals surface area contributed by atoms with E-state index in [1.54, 1.807) is 13.8 Å². The molecule has 1 aromatic carbocycles. The molecule has 1 heterocycles. The number of aromatic nitrogens is 2. The molecule has 2 aromatic rings. The van der Waals surface area contributed by atoms with E-state index in [0.717, 1.165) is 6.07 Å². The zero-order valence-corrected chi connectivity index (χ0v) is 22.3. The van der Waals surface area contributed by atoms with Crippen molar-refractivity contribution in [1.82, 2.24) is 19.8 Å². The molecule has 35 heavy (non-hydrogen) atoms. The standard InChI is InChI=1S/C23H35N5O6S/c1-9-15(4)26-35(32,33)19-12-17(28(30)31)10-11-18(19)34-22-16(5)20(21(29)24-13-14(2)3)25-27(22)23(6,7)8/h10-12,14-15,26H,9,13H2,1-8H3,(H,24,29)/t15-/m0/s1. The quantitative estimate of drug-likeness (QED) is 0.362. The van der Waals surface area contributed by atoms with Crippen LogP contribution in [-0.4, -0.2) is 41.6 Å². The molecule has 0 aliphatic rings. The third kappa shape index (κ3) is 6.79. The molecule has 0 saturated heterocycles. The molecule has 0 fully saturated rings. The molecule has 0 unspecified atom stereocenters. The Hall–Kier alpha value is -2.99. The number of hydrogen-bond acceptors (Lipinski definition) is 7. The number of carbonyl (C=O) groups excluding carboxylic acids is 1. The first kappa shape index (κ1) is 28.2. The molecule has 1 aromatic heterocycles. The Bertz CT molecular complexity index is 1200. The summed E-state index contributed by atoms with van der Waals surface area (Å²) in [5, 5.41) is 18.6. The van der Waals surface area contributed by atoms with Gasteiger partial charge in [-0.05, 0) is 53.0 Å². The van der Waals surface area contributed by atoms with Crippen LogP contribution in [0.3, 0.4) is 0 Å². The molecular formula is C23H35N5O6S. The van der Waals surface area contributed by atoms with Gasteiger partial charge in [0, 0.05) is 30.3 Å². The van der Waals surface area contributed by atoms with E-state index >= 15 is 0 Å². The summed E-state index contributed by atoms with van der Waals surface area (Å²) in [5.41, 5.74) is -0.445. The van der Waals surface area contributed by atoms with Gasteiger partial charge in [-0.25, -0.2) is 17.8 Å². The van der Waals surface area contributed by atoms with E-state index in [1.807, 2.05) is 41.5 Å². The van der Waals surface area contributed by atoms with Crippen molar-refractivity contribution in [3.8, 4) is 11.6 Å². The molecule has 2 rings (SSSR count). The van der Waals surface area contributed by atoms with Crippen molar-refractivity contribution in [1.29, 1.82) is 0 Å². The van der Waals surface area contributed by atoms with Gasteiger partial charge >= 0.3 is 0 Å². The van der Waals surface area contributed by atoms with Crippen molar-refractivity contribution in [3.05, 3.63) is 39.6 Å². The van der Waals surface area contributed by atoms with Crippen LogP contribution in [0.2, 0.25) is 0 Å². The van der Waals surface area contributed by atoms with Crippen molar-refractivity contribution in [2.75, 3.05) is 6.54 Å². The van der Waals surface area contributed by atoms with Crippen molar-refractivity contribution >= 4 is 21.6 Å². The largest absolute Gasteiger partial charge is 0.438 e. The normalized spacial score (nSPS) is 13.1. The number of nitrogens with zero attached hydrogens (tertiary/aromatic N) is 3. The van der Waals surface area contributed by atoms with Gasteiger partial charge in [-0.1, -0.05) is 20.8 Å². The molecule has 0 radical (unpaired) electrons. The molecule has 0 saturated carbocycles. The van der Waals surface area contributed by atoms with Gasteiger partial charge in [-0.15, -0.1) is 0 Å². The van der Waals surface area contributed by atoms with E-state index in [2.05, 4.69) is 15.1 Å². The Balaban J connectivity index is 2.65. The van der Waals surface area contributed by atoms with Crippen LogP contribution in [0.25, 0.3) is 0 Å². The molecule has 11 nitrogen and oxygen atoms in total. The first-order valence-electron chi connectivity index (χ1n) is 11.4. The van der Waals surface area contributed by atoms with Crippen LogP contribution in [0.4, 0.5) is 5.69 Å². The molecular weight excluding hydrogens is 474 g/mol. The first-order valence-corrected chi connectivity index (χ1v) is 12.9. The number of nitrogens with one attached hydrogen (secondary N) is 2.